The molecule has 1 aromatic rings. The van der Waals surface area contributed by atoms with Crippen molar-refractivity contribution in [2.45, 2.75) is 38.1 Å². The number of aliphatic hydroxyl groups is 1. The number of anilines is 1. The minimum Gasteiger partial charge on any atom is -0.387 e. The van der Waals surface area contributed by atoms with Crippen LogP contribution >= 0.6 is 11.6 Å². The molecule has 0 spiro atoms. The minimum atomic E-state index is -1.62. The third kappa shape index (κ3) is 4.78. The molecule has 2 rings (SSSR count). The van der Waals surface area contributed by atoms with Gasteiger partial charge < -0.3 is 21.1 Å². The number of nitrogens with zero attached hydrogens (tertiary/aromatic N) is 1. The average molecular weight is 359 g/mol. The van der Waals surface area contributed by atoms with Crippen LogP contribution in [0.15, 0.2) is 12.3 Å². The first-order valence-corrected chi connectivity index (χ1v) is 7.88. The van der Waals surface area contributed by atoms with Gasteiger partial charge in [0, 0.05) is 19.2 Å². The summed E-state index contributed by atoms with van der Waals surface area (Å²) in [5.74, 6) is -0.630. The molecule has 1 saturated heterocycles. The molecule has 2 heterocycles. The smallest absolute Gasteiger partial charge is 0.255 e. The van der Waals surface area contributed by atoms with Crippen LogP contribution in [0, 0.1) is 0 Å². The Morgan fingerprint density at radius 1 is 1.62 bits per heavy atom. The topological polar surface area (TPSA) is 103 Å². The lowest BCUT2D eigenvalue weighted by molar-refractivity contribution is -0.119. The quantitative estimate of drug-likeness (QED) is 0.565. The van der Waals surface area contributed by atoms with Crippen molar-refractivity contribution < 1.29 is 19.1 Å². The summed E-state index contributed by atoms with van der Waals surface area (Å²) in [5, 5.41) is 17.9. The highest BCUT2D eigenvalue weighted by Gasteiger charge is 2.28. The Balaban J connectivity index is 2.08. The number of pyridine rings is 1. The molecule has 2 atom stereocenters. The molecular weight excluding hydrogens is 339 g/mol. The number of carbonyl (C=O) groups is 2. The fourth-order valence-electron chi connectivity index (χ4n) is 2.18. The summed E-state index contributed by atoms with van der Waals surface area (Å²) in [6.07, 6.45) is -0.0527. The second-order valence-electron chi connectivity index (χ2n) is 6.23. The fourth-order valence-corrected chi connectivity index (χ4v) is 2.34. The molecule has 0 bridgehead atoms. The van der Waals surface area contributed by atoms with Crippen LogP contribution in [-0.4, -0.2) is 52.8 Å². The largest absolute Gasteiger partial charge is 0.387 e. The number of alkyl halides is 1. The number of carbonyl (C=O) groups excluding carboxylic acids is 2. The van der Waals surface area contributed by atoms with Crippen LogP contribution in [0.25, 0.3) is 0 Å². The van der Waals surface area contributed by atoms with E-state index in [0.29, 0.717) is 12.2 Å². The second kappa shape index (κ2) is 7.31. The lowest BCUT2D eigenvalue weighted by Gasteiger charge is -2.23. The normalized spacial score (nSPS) is 18.9. The molecule has 0 aromatic carbocycles. The molecule has 4 N–H and O–H groups in total. The van der Waals surface area contributed by atoms with Gasteiger partial charge in [0.2, 0.25) is 5.91 Å². The van der Waals surface area contributed by atoms with Crippen molar-refractivity contribution in [3.05, 3.63) is 23.0 Å². The number of nitrogens with one attached hydrogen (secondary N) is 3. The zero-order valence-corrected chi connectivity index (χ0v) is 14.2. The molecule has 1 aliphatic heterocycles. The van der Waals surface area contributed by atoms with E-state index in [-0.39, 0.29) is 35.6 Å². The zero-order valence-electron chi connectivity index (χ0n) is 13.4. The van der Waals surface area contributed by atoms with Gasteiger partial charge in [0.1, 0.15) is 11.3 Å². The van der Waals surface area contributed by atoms with Gasteiger partial charge in [-0.05, 0) is 19.9 Å². The molecular formula is C15H20ClFN4O3. The van der Waals surface area contributed by atoms with Crippen molar-refractivity contribution in [2.24, 2.45) is 0 Å². The summed E-state index contributed by atoms with van der Waals surface area (Å²) in [7, 11) is 0. The first-order valence-electron chi connectivity index (χ1n) is 7.50. The van der Waals surface area contributed by atoms with Crippen molar-refractivity contribution >= 4 is 29.1 Å². The number of hydrogen-bond donors (Lipinski definition) is 4. The highest BCUT2D eigenvalue weighted by atomic mass is 35.5. The van der Waals surface area contributed by atoms with E-state index in [1.54, 1.807) is 0 Å². The van der Waals surface area contributed by atoms with E-state index >= 15 is 0 Å². The Morgan fingerprint density at radius 3 is 2.92 bits per heavy atom. The SMILES string of the molecule is CC(C)(O)[C@H](F)CNC(=O)c1cnc(Cl)cc1NC1CNC(=O)C1. The lowest BCUT2D eigenvalue weighted by atomic mass is 10.0. The molecule has 2 amide bonds. The van der Waals surface area contributed by atoms with Gasteiger partial charge in [-0.1, -0.05) is 11.6 Å². The summed E-state index contributed by atoms with van der Waals surface area (Å²) in [6.45, 7) is 2.74. The maximum absolute atomic E-state index is 13.8. The van der Waals surface area contributed by atoms with E-state index in [1.165, 1.54) is 26.1 Å². The van der Waals surface area contributed by atoms with Gasteiger partial charge in [-0.25, -0.2) is 9.37 Å². The molecule has 1 aromatic heterocycles. The summed E-state index contributed by atoms with van der Waals surface area (Å²) in [5.41, 5.74) is -0.961. The van der Waals surface area contributed by atoms with Crippen LogP contribution in [0.4, 0.5) is 10.1 Å². The molecule has 1 fully saturated rings. The minimum absolute atomic E-state index is 0.0795. The molecule has 24 heavy (non-hydrogen) atoms. The van der Waals surface area contributed by atoms with Crippen LogP contribution in [0.5, 0.6) is 0 Å². The van der Waals surface area contributed by atoms with Crippen LogP contribution in [0.1, 0.15) is 30.6 Å². The van der Waals surface area contributed by atoms with Crippen molar-refractivity contribution in [1.29, 1.82) is 0 Å². The Labute approximate surface area is 144 Å². The standard InChI is InChI=1S/C15H20ClFN4O3/c1-15(2,24)11(17)7-20-14(23)9-6-18-12(16)4-10(9)21-8-3-13(22)19-5-8/h4,6,8,11,24H,3,5,7H2,1-2H3,(H,18,21)(H,19,22)(H,20,23)/t8?,11-/m1/s1. The molecule has 0 aliphatic carbocycles. The Kier molecular flexibility index (Phi) is 5.61. The van der Waals surface area contributed by atoms with Crippen LogP contribution < -0.4 is 16.0 Å². The fraction of sp³-hybridized carbons (Fsp3) is 0.533. The highest BCUT2D eigenvalue weighted by Crippen LogP contribution is 2.21. The molecule has 132 valence electrons. The number of amides is 2. The second-order valence-corrected chi connectivity index (χ2v) is 6.62. The van der Waals surface area contributed by atoms with Gasteiger partial charge in [-0.2, -0.15) is 0 Å². The summed E-state index contributed by atoms with van der Waals surface area (Å²) in [6, 6.07) is 1.30. The lowest BCUT2D eigenvalue weighted by Crippen LogP contribution is -2.42. The summed E-state index contributed by atoms with van der Waals surface area (Å²) < 4.78 is 13.8. The van der Waals surface area contributed by atoms with Gasteiger partial charge >= 0.3 is 0 Å². The number of halogens is 2. The van der Waals surface area contributed by atoms with Gasteiger partial charge in [0.25, 0.3) is 5.91 Å². The van der Waals surface area contributed by atoms with E-state index in [4.69, 9.17) is 11.6 Å². The number of rotatable bonds is 6. The number of hydrogen-bond acceptors (Lipinski definition) is 5. The third-order valence-corrected chi connectivity index (χ3v) is 3.87. The highest BCUT2D eigenvalue weighted by molar-refractivity contribution is 6.29. The Hall–Kier alpha value is -1.93. The number of aromatic nitrogens is 1. The van der Waals surface area contributed by atoms with Crippen molar-refractivity contribution in [3.63, 3.8) is 0 Å². The first-order chi connectivity index (χ1) is 11.2. The molecule has 7 nitrogen and oxygen atoms in total. The molecule has 1 unspecified atom stereocenters. The van der Waals surface area contributed by atoms with Crippen LogP contribution in [0.2, 0.25) is 5.15 Å². The van der Waals surface area contributed by atoms with Gasteiger partial charge in [-0.3, -0.25) is 9.59 Å². The van der Waals surface area contributed by atoms with Crippen LogP contribution in [-0.2, 0) is 4.79 Å². The summed E-state index contributed by atoms with van der Waals surface area (Å²) in [4.78, 5) is 27.4. The molecule has 0 radical (unpaired) electrons. The van der Waals surface area contributed by atoms with Crippen molar-refractivity contribution in [1.82, 2.24) is 15.6 Å². The summed E-state index contributed by atoms with van der Waals surface area (Å²) >= 11 is 5.86. The van der Waals surface area contributed by atoms with Gasteiger partial charge in [0.15, 0.2) is 0 Å². The van der Waals surface area contributed by atoms with E-state index in [0.717, 1.165) is 0 Å². The molecule has 0 saturated carbocycles. The Morgan fingerprint density at radius 2 is 2.33 bits per heavy atom. The van der Waals surface area contributed by atoms with Gasteiger partial charge in [-0.15, -0.1) is 0 Å². The monoisotopic (exact) mass is 358 g/mol. The maximum Gasteiger partial charge on any atom is 0.255 e. The average Bonchev–Trinajstić information content (AvgIpc) is 2.88. The van der Waals surface area contributed by atoms with Crippen LogP contribution in [0.3, 0.4) is 0 Å². The van der Waals surface area contributed by atoms with E-state index < -0.39 is 17.7 Å². The van der Waals surface area contributed by atoms with Gasteiger partial charge in [0.05, 0.1) is 29.4 Å². The predicted molar refractivity (Wildman–Crippen MR) is 87.8 cm³/mol. The first kappa shape index (κ1) is 18.4. The third-order valence-electron chi connectivity index (χ3n) is 3.66. The van der Waals surface area contributed by atoms with E-state index in [2.05, 4.69) is 20.9 Å². The molecule has 1 aliphatic rings. The molecule has 9 heteroatoms. The zero-order chi connectivity index (χ0) is 17.9. The predicted octanol–water partition coefficient (Wildman–Crippen LogP) is 0.874. The maximum atomic E-state index is 13.8. The van der Waals surface area contributed by atoms with E-state index in [9.17, 15) is 19.1 Å². The van der Waals surface area contributed by atoms with Crippen molar-refractivity contribution in [2.75, 3.05) is 18.4 Å². The Bertz CT molecular complexity index is 636. The van der Waals surface area contributed by atoms with E-state index in [1.807, 2.05) is 0 Å². The van der Waals surface area contributed by atoms with Crippen molar-refractivity contribution in [3.8, 4) is 0 Å².